The molecule has 0 aromatic carbocycles. The molecule has 1 fully saturated rings. The van der Waals surface area contributed by atoms with Gasteiger partial charge in [-0.15, -0.1) is 0 Å². The lowest BCUT2D eigenvalue weighted by atomic mass is 9.89. The summed E-state index contributed by atoms with van der Waals surface area (Å²) < 4.78 is 5.81. The molecule has 0 spiro atoms. The molecular weight excluding hydrogens is 234 g/mol. The topological polar surface area (TPSA) is 21.3 Å². The van der Waals surface area contributed by atoms with Crippen molar-refractivity contribution in [3.8, 4) is 0 Å². The number of ether oxygens (including phenoxy) is 1. The fourth-order valence-electron chi connectivity index (χ4n) is 2.99. The van der Waals surface area contributed by atoms with E-state index in [1.165, 1.54) is 64.3 Å². The molecule has 1 unspecified atom stereocenters. The SMILES string of the molecule is CCCCC(CC)COCCNCC1CCCCC1. The van der Waals surface area contributed by atoms with E-state index in [4.69, 9.17) is 4.74 Å². The van der Waals surface area contributed by atoms with Crippen molar-refractivity contribution < 1.29 is 4.74 Å². The molecule has 0 bridgehead atoms. The van der Waals surface area contributed by atoms with Gasteiger partial charge in [-0.05, 0) is 37.6 Å². The lowest BCUT2D eigenvalue weighted by molar-refractivity contribution is 0.0948. The van der Waals surface area contributed by atoms with E-state index in [-0.39, 0.29) is 0 Å². The molecule has 0 aliphatic heterocycles. The van der Waals surface area contributed by atoms with Gasteiger partial charge in [0.25, 0.3) is 0 Å². The Kier molecular flexibility index (Phi) is 10.5. The molecule has 0 heterocycles. The first kappa shape index (κ1) is 17.0. The molecule has 1 atom stereocenters. The zero-order valence-electron chi connectivity index (χ0n) is 13.3. The maximum atomic E-state index is 5.81. The first-order chi connectivity index (χ1) is 9.36. The lowest BCUT2D eigenvalue weighted by Crippen LogP contribution is -2.28. The van der Waals surface area contributed by atoms with E-state index in [0.717, 1.165) is 31.6 Å². The molecule has 0 aromatic rings. The predicted octanol–water partition coefficient (Wildman–Crippen LogP) is 4.39. The second-order valence-electron chi connectivity index (χ2n) is 6.20. The Hall–Kier alpha value is -0.0800. The highest BCUT2D eigenvalue weighted by Crippen LogP contribution is 2.22. The molecule has 114 valence electrons. The molecule has 1 saturated carbocycles. The van der Waals surface area contributed by atoms with Gasteiger partial charge in [-0.3, -0.25) is 0 Å². The van der Waals surface area contributed by atoms with Crippen LogP contribution in [0.5, 0.6) is 0 Å². The summed E-state index contributed by atoms with van der Waals surface area (Å²) in [5, 5.41) is 3.57. The van der Waals surface area contributed by atoms with Crippen LogP contribution >= 0.6 is 0 Å². The van der Waals surface area contributed by atoms with E-state index < -0.39 is 0 Å². The number of nitrogens with one attached hydrogen (secondary N) is 1. The van der Waals surface area contributed by atoms with Gasteiger partial charge < -0.3 is 10.1 Å². The number of hydrogen-bond donors (Lipinski definition) is 1. The van der Waals surface area contributed by atoms with Crippen LogP contribution in [0.2, 0.25) is 0 Å². The first-order valence-corrected chi connectivity index (χ1v) is 8.65. The first-order valence-electron chi connectivity index (χ1n) is 8.65. The predicted molar refractivity (Wildman–Crippen MR) is 83.6 cm³/mol. The largest absolute Gasteiger partial charge is 0.380 e. The Labute approximate surface area is 120 Å². The molecule has 2 heteroatoms. The van der Waals surface area contributed by atoms with Crippen LogP contribution in [0.15, 0.2) is 0 Å². The summed E-state index contributed by atoms with van der Waals surface area (Å²) in [6, 6.07) is 0. The van der Waals surface area contributed by atoms with Crippen LogP contribution in [0.1, 0.15) is 71.6 Å². The molecule has 0 saturated heterocycles. The molecular formula is C17H35NO. The molecule has 0 aromatic heterocycles. The summed E-state index contributed by atoms with van der Waals surface area (Å²) in [6.07, 6.45) is 12.5. The van der Waals surface area contributed by atoms with Crippen molar-refractivity contribution in [2.45, 2.75) is 71.6 Å². The molecule has 1 aliphatic carbocycles. The fourth-order valence-corrected chi connectivity index (χ4v) is 2.99. The lowest BCUT2D eigenvalue weighted by Gasteiger charge is -2.22. The monoisotopic (exact) mass is 269 g/mol. The highest BCUT2D eigenvalue weighted by Gasteiger charge is 2.12. The van der Waals surface area contributed by atoms with Crippen molar-refractivity contribution in [2.24, 2.45) is 11.8 Å². The van der Waals surface area contributed by atoms with Gasteiger partial charge in [0.2, 0.25) is 0 Å². The summed E-state index contributed by atoms with van der Waals surface area (Å²) in [7, 11) is 0. The maximum Gasteiger partial charge on any atom is 0.0591 e. The molecule has 0 amide bonds. The van der Waals surface area contributed by atoms with E-state index in [1.807, 2.05) is 0 Å². The molecule has 0 radical (unpaired) electrons. The van der Waals surface area contributed by atoms with Crippen LogP contribution in [-0.4, -0.2) is 26.3 Å². The van der Waals surface area contributed by atoms with Crippen molar-refractivity contribution in [3.63, 3.8) is 0 Å². The van der Waals surface area contributed by atoms with Gasteiger partial charge >= 0.3 is 0 Å². The average molecular weight is 269 g/mol. The van der Waals surface area contributed by atoms with Crippen molar-refractivity contribution in [3.05, 3.63) is 0 Å². The van der Waals surface area contributed by atoms with E-state index in [1.54, 1.807) is 0 Å². The van der Waals surface area contributed by atoms with Crippen molar-refractivity contribution >= 4 is 0 Å². The summed E-state index contributed by atoms with van der Waals surface area (Å²) in [4.78, 5) is 0. The highest BCUT2D eigenvalue weighted by molar-refractivity contribution is 4.67. The highest BCUT2D eigenvalue weighted by atomic mass is 16.5. The van der Waals surface area contributed by atoms with Crippen LogP contribution in [0.4, 0.5) is 0 Å². The van der Waals surface area contributed by atoms with Gasteiger partial charge in [0.15, 0.2) is 0 Å². The van der Waals surface area contributed by atoms with Crippen LogP contribution < -0.4 is 5.32 Å². The zero-order valence-corrected chi connectivity index (χ0v) is 13.3. The summed E-state index contributed by atoms with van der Waals surface area (Å²) >= 11 is 0. The average Bonchev–Trinajstić information content (AvgIpc) is 2.47. The van der Waals surface area contributed by atoms with Gasteiger partial charge in [0.05, 0.1) is 6.61 Å². The minimum absolute atomic E-state index is 0.776. The van der Waals surface area contributed by atoms with Crippen LogP contribution in [0, 0.1) is 11.8 Å². The summed E-state index contributed by atoms with van der Waals surface area (Å²) in [6.45, 7) is 8.63. The second-order valence-corrected chi connectivity index (χ2v) is 6.20. The van der Waals surface area contributed by atoms with Gasteiger partial charge in [-0.1, -0.05) is 52.4 Å². The Morgan fingerprint density at radius 1 is 1.16 bits per heavy atom. The Bertz CT molecular complexity index is 190. The number of unbranched alkanes of at least 4 members (excludes halogenated alkanes) is 1. The number of rotatable bonds is 11. The van der Waals surface area contributed by atoms with E-state index in [0.29, 0.717) is 0 Å². The van der Waals surface area contributed by atoms with Crippen LogP contribution in [0.25, 0.3) is 0 Å². The Morgan fingerprint density at radius 3 is 2.63 bits per heavy atom. The van der Waals surface area contributed by atoms with Gasteiger partial charge in [-0.2, -0.15) is 0 Å². The maximum absolute atomic E-state index is 5.81. The summed E-state index contributed by atoms with van der Waals surface area (Å²) in [5.41, 5.74) is 0. The quantitative estimate of drug-likeness (QED) is 0.562. The normalized spacial score (nSPS) is 18.6. The minimum Gasteiger partial charge on any atom is -0.380 e. The third kappa shape index (κ3) is 8.65. The van der Waals surface area contributed by atoms with Gasteiger partial charge in [0.1, 0.15) is 0 Å². The van der Waals surface area contributed by atoms with E-state index in [2.05, 4.69) is 19.2 Å². The number of hydrogen-bond acceptors (Lipinski definition) is 2. The van der Waals surface area contributed by atoms with E-state index >= 15 is 0 Å². The van der Waals surface area contributed by atoms with Gasteiger partial charge in [-0.25, -0.2) is 0 Å². The molecule has 1 aliphatic rings. The van der Waals surface area contributed by atoms with Crippen molar-refractivity contribution in [2.75, 3.05) is 26.3 Å². The van der Waals surface area contributed by atoms with E-state index in [9.17, 15) is 0 Å². The minimum atomic E-state index is 0.776. The van der Waals surface area contributed by atoms with Crippen molar-refractivity contribution in [1.29, 1.82) is 0 Å². The molecule has 2 nitrogen and oxygen atoms in total. The third-order valence-electron chi connectivity index (χ3n) is 4.48. The zero-order chi connectivity index (χ0) is 13.8. The van der Waals surface area contributed by atoms with Crippen molar-refractivity contribution in [1.82, 2.24) is 5.32 Å². The fraction of sp³-hybridized carbons (Fsp3) is 1.00. The molecule has 1 N–H and O–H groups in total. The standard InChI is InChI=1S/C17H35NO/c1-3-5-9-16(4-2)15-19-13-12-18-14-17-10-7-6-8-11-17/h16-18H,3-15H2,1-2H3. The Morgan fingerprint density at radius 2 is 1.95 bits per heavy atom. The van der Waals surface area contributed by atoms with Gasteiger partial charge in [0, 0.05) is 13.2 Å². The smallest absolute Gasteiger partial charge is 0.0591 e. The third-order valence-corrected chi connectivity index (χ3v) is 4.48. The summed E-state index contributed by atoms with van der Waals surface area (Å²) in [5.74, 6) is 1.71. The second kappa shape index (κ2) is 11.7. The van der Waals surface area contributed by atoms with Crippen LogP contribution in [-0.2, 0) is 4.74 Å². The van der Waals surface area contributed by atoms with Crippen LogP contribution in [0.3, 0.4) is 0 Å². The Balaban J connectivity index is 1.89. The molecule has 19 heavy (non-hydrogen) atoms. The molecule has 1 rings (SSSR count).